The van der Waals surface area contributed by atoms with Gasteiger partial charge in [-0.3, -0.25) is 9.63 Å². The number of alkyl halides is 1. The first kappa shape index (κ1) is 21.0. The van der Waals surface area contributed by atoms with Gasteiger partial charge in [0, 0.05) is 35.8 Å². The molecule has 5 fully saturated rings. The molecule has 0 aromatic carbocycles. The number of carboxylic acids is 1. The molecule has 0 aromatic heterocycles. The molecule has 6 nitrogen and oxygen atoms in total. The Bertz CT molecular complexity index is 960. The van der Waals surface area contributed by atoms with Crippen LogP contribution >= 0.6 is 0 Å². The number of hydrogen-bond donors (Lipinski definition) is 2. The number of hydroxylamine groups is 2. The number of rotatable bonds is 3. The fourth-order valence-electron chi connectivity index (χ4n) is 8.39. The smallest absolute Gasteiger partial charge is 0.339 e. The number of carbonyl (C=O) groups excluding carboxylic acids is 1. The second-order valence-corrected chi connectivity index (χ2v) is 11.6. The molecule has 1 saturated heterocycles. The highest BCUT2D eigenvalue weighted by atomic mass is 19.1. The van der Waals surface area contributed by atoms with E-state index in [1.165, 1.54) is 12.2 Å². The third-order valence-electron chi connectivity index (χ3n) is 10.2. The lowest BCUT2D eigenvalue weighted by Gasteiger charge is -2.62. The minimum Gasteiger partial charge on any atom is -0.479 e. The third kappa shape index (κ3) is 2.30. The molecule has 0 aromatic rings. The molecule has 1 aliphatic heterocycles. The van der Waals surface area contributed by atoms with Crippen LogP contribution in [0.25, 0.3) is 0 Å². The zero-order valence-electron chi connectivity index (χ0n) is 18.7. The van der Waals surface area contributed by atoms with E-state index in [0.29, 0.717) is 31.7 Å². The van der Waals surface area contributed by atoms with Crippen LogP contribution in [-0.4, -0.2) is 57.5 Å². The minimum absolute atomic E-state index is 0.0371. The predicted octanol–water partition coefficient (Wildman–Crippen LogP) is 3.06. The maximum absolute atomic E-state index is 17.2. The topological polar surface area (TPSA) is 87.1 Å². The lowest BCUT2D eigenvalue weighted by Crippen LogP contribution is -2.69. The van der Waals surface area contributed by atoms with Crippen LogP contribution in [0.5, 0.6) is 0 Å². The molecule has 1 heterocycles. The van der Waals surface area contributed by atoms with E-state index >= 15 is 4.39 Å². The summed E-state index contributed by atoms with van der Waals surface area (Å²) >= 11 is 0. The Morgan fingerprint density at radius 2 is 2.03 bits per heavy atom. The molecule has 4 saturated carbocycles. The van der Waals surface area contributed by atoms with Gasteiger partial charge in [0.25, 0.3) is 0 Å². The number of allylic oxidation sites excluding steroid dienone is 4. The number of nitrogens with zero attached hydrogens (tertiary/aromatic N) is 1. The number of aliphatic hydroxyl groups is 1. The number of aliphatic carboxylic acids is 1. The second kappa shape index (κ2) is 6.30. The van der Waals surface area contributed by atoms with E-state index in [1.54, 1.807) is 13.0 Å². The van der Waals surface area contributed by atoms with Crippen LogP contribution in [-0.2, 0) is 14.4 Å². The SMILES string of the molecule is C[C@]12C=CC(=O)C=C1CC[C@H]1[C@@H]3C[C@H]4CN(CC5CC5)O[C@@]4(C(=O)O)[C@@]3(C)C[C@H](O)[C@@]12F. The van der Waals surface area contributed by atoms with Crippen LogP contribution in [0.15, 0.2) is 23.8 Å². The molecule has 0 bridgehead atoms. The number of carboxylic acid groups (broad SMARTS) is 1. The Morgan fingerprint density at radius 3 is 2.72 bits per heavy atom. The van der Waals surface area contributed by atoms with Gasteiger partial charge in [0.15, 0.2) is 17.1 Å². The molecule has 7 heteroatoms. The van der Waals surface area contributed by atoms with Crippen molar-refractivity contribution in [1.82, 2.24) is 5.06 Å². The van der Waals surface area contributed by atoms with Crippen molar-refractivity contribution in [2.75, 3.05) is 13.1 Å². The summed E-state index contributed by atoms with van der Waals surface area (Å²) in [5.74, 6) is -1.48. The van der Waals surface area contributed by atoms with Crippen LogP contribution in [0.3, 0.4) is 0 Å². The maximum atomic E-state index is 17.2. The number of halogens is 1. The van der Waals surface area contributed by atoms with Gasteiger partial charge in [-0.25, -0.2) is 9.18 Å². The fraction of sp³-hybridized carbons (Fsp3) is 0.760. The van der Waals surface area contributed by atoms with E-state index in [4.69, 9.17) is 4.84 Å². The minimum atomic E-state index is -1.94. The van der Waals surface area contributed by atoms with E-state index in [0.717, 1.165) is 25.0 Å². The summed E-state index contributed by atoms with van der Waals surface area (Å²) in [6.45, 7) is 4.99. The van der Waals surface area contributed by atoms with Crippen molar-refractivity contribution in [2.24, 2.45) is 34.5 Å². The van der Waals surface area contributed by atoms with Gasteiger partial charge in [-0.2, -0.15) is 5.06 Å². The Morgan fingerprint density at radius 1 is 1.28 bits per heavy atom. The number of ketones is 1. The molecule has 0 unspecified atom stereocenters. The van der Waals surface area contributed by atoms with Crippen LogP contribution in [0, 0.1) is 34.5 Å². The van der Waals surface area contributed by atoms with E-state index in [9.17, 15) is 19.8 Å². The summed E-state index contributed by atoms with van der Waals surface area (Å²) in [5, 5.41) is 23.7. The summed E-state index contributed by atoms with van der Waals surface area (Å²) in [6.07, 6.45) is 7.26. The first-order chi connectivity index (χ1) is 15.1. The number of fused-ring (bicyclic) bond motifs is 7. The van der Waals surface area contributed by atoms with Crippen molar-refractivity contribution >= 4 is 11.8 Å². The monoisotopic (exact) mass is 445 g/mol. The Balaban J connectivity index is 1.41. The van der Waals surface area contributed by atoms with Crippen LogP contribution in [0.4, 0.5) is 4.39 Å². The lowest BCUT2D eigenvalue weighted by molar-refractivity contribution is -0.272. The van der Waals surface area contributed by atoms with Crippen LogP contribution < -0.4 is 0 Å². The molecular weight excluding hydrogens is 413 g/mol. The summed E-state index contributed by atoms with van der Waals surface area (Å²) in [5.41, 5.74) is -4.55. The number of hydrogen-bond acceptors (Lipinski definition) is 5. The Kier molecular flexibility index (Phi) is 4.14. The van der Waals surface area contributed by atoms with Crippen molar-refractivity contribution in [2.45, 2.75) is 69.7 Å². The zero-order chi connectivity index (χ0) is 22.7. The van der Waals surface area contributed by atoms with Crippen molar-refractivity contribution in [3.8, 4) is 0 Å². The highest BCUT2D eigenvalue weighted by Crippen LogP contribution is 2.72. The van der Waals surface area contributed by atoms with Crippen molar-refractivity contribution in [3.63, 3.8) is 0 Å². The third-order valence-corrected chi connectivity index (χ3v) is 10.2. The average molecular weight is 446 g/mol. The first-order valence-corrected chi connectivity index (χ1v) is 12.0. The van der Waals surface area contributed by atoms with Gasteiger partial charge in [0.05, 0.1) is 6.10 Å². The number of aliphatic hydroxyl groups excluding tert-OH is 1. The molecule has 5 aliphatic carbocycles. The largest absolute Gasteiger partial charge is 0.479 e. The zero-order valence-corrected chi connectivity index (χ0v) is 18.7. The summed E-state index contributed by atoms with van der Waals surface area (Å²) in [7, 11) is 0. The fourth-order valence-corrected chi connectivity index (χ4v) is 8.39. The van der Waals surface area contributed by atoms with Gasteiger partial charge in [0.2, 0.25) is 0 Å². The molecule has 0 spiro atoms. The molecule has 8 atom stereocenters. The molecule has 0 amide bonds. The van der Waals surface area contributed by atoms with E-state index < -0.39 is 40.1 Å². The highest BCUT2D eigenvalue weighted by Gasteiger charge is 2.79. The summed E-state index contributed by atoms with van der Waals surface area (Å²) in [6, 6.07) is 0. The van der Waals surface area contributed by atoms with Gasteiger partial charge in [-0.1, -0.05) is 18.6 Å². The molecule has 6 aliphatic rings. The van der Waals surface area contributed by atoms with Gasteiger partial charge in [-0.05, 0) is 69.4 Å². The Hall–Kier alpha value is -1.57. The molecular formula is C25H32FNO5. The average Bonchev–Trinajstić information content (AvgIpc) is 3.40. The first-order valence-electron chi connectivity index (χ1n) is 12.0. The van der Waals surface area contributed by atoms with Gasteiger partial charge < -0.3 is 10.2 Å². The summed E-state index contributed by atoms with van der Waals surface area (Å²) < 4.78 is 17.2. The van der Waals surface area contributed by atoms with Gasteiger partial charge in [0.1, 0.15) is 0 Å². The van der Waals surface area contributed by atoms with Gasteiger partial charge >= 0.3 is 5.97 Å². The normalized spacial score (nSPS) is 52.1. The molecule has 2 N–H and O–H groups in total. The van der Waals surface area contributed by atoms with Crippen molar-refractivity contribution in [3.05, 3.63) is 23.8 Å². The quantitative estimate of drug-likeness (QED) is 0.694. The van der Waals surface area contributed by atoms with Crippen LogP contribution in [0.2, 0.25) is 0 Å². The molecule has 6 rings (SSSR count). The standard InChI is InChI=1S/C25H32FNO5/c1-22-8-7-17(28)9-15(22)5-6-18-19-10-16-13-27(12-14-3-4-14)32-25(16,21(30)31)23(19,2)11-20(29)24(18,22)26/h7-9,14,16,18-20,29H,3-6,10-13H2,1-2H3,(H,30,31)/t16-,18-,19-,20-,22-,23-,24-,25-/m0/s1. The van der Waals surface area contributed by atoms with E-state index in [-0.39, 0.29) is 24.0 Å². The second-order valence-electron chi connectivity index (χ2n) is 11.6. The van der Waals surface area contributed by atoms with Gasteiger partial charge in [-0.15, -0.1) is 0 Å². The highest BCUT2D eigenvalue weighted by molar-refractivity contribution is 6.01. The van der Waals surface area contributed by atoms with E-state index in [1.807, 2.05) is 12.0 Å². The maximum Gasteiger partial charge on any atom is 0.339 e. The van der Waals surface area contributed by atoms with Crippen LogP contribution in [0.1, 0.15) is 52.4 Å². The molecule has 32 heavy (non-hydrogen) atoms. The Labute approximate surface area is 187 Å². The molecule has 174 valence electrons. The number of carbonyl (C=O) groups is 2. The van der Waals surface area contributed by atoms with Crippen molar-refractivity contribution < 1.29 is 29.0 Å². The lowest BCUT2D eigenvalue weighted by atomic mass is 9.45. The predicted molar refractivity (Wildman–Crippen MR) is 113 cm³/mol. The molecule has 0 radical (unpaired) electrons. The van der Waals surface area contributed by atoms with E-state index in [2.05, 4.69) is 0 Å². The summed E-state index contributed by atoms with van der Waals surface area (Å²) in [4.78, 5) is 31.1. The van der Waals surface area contributed by atoms with Crippen molar-refractivity contribution in [1.29, 1.82) is 0 Å².